The Kier molecular flexibility index (Phi) is 4.47. The lowest BCUT2D eigenvalue weighted by molar-refractivity contribution is 0.0283. The minimum Gasteiger partial charge on any atom is -0.373 e. The molecule has 0 aliphatic carbocycles. The fraction of sp³-hybridized carbons (Fsp3) is 0.467. The molecule has 0 bridgehead atoms. The van der Waals surface area contributed by atoms with Crippen molar-refractivity contribution in [2.24, 2.45) is 7.05 Å². The molecule has 1 aromatic heterocycles. The molecule has 0 radical (unpaired) electrons. The van der Waals surface area contributed by atoms with Crippen LogP contribution in [0.4, 0.5) is 0 Å². The molecule has 0 N–H and O–H groups in total. The molecule has 3 rings (SSSR count). The van der Waals surface area contributed by atoms with Crippen LogP contribution in [0.2, 0.25) is 0 Å². The third kappa shape index (κ3) is 3.95. The molecule has 0 saturated carbocycles. The predicted molar refractivity (Wildman–Crippen MR) is 84.2 cm³/mol. The van der Waals surface area contributed by atoms with Crippen LogP contribution in [0.5, 0.6) is 0 Å². The molecule has 1 aliphatic rings. The molecule has 0 spiro atoms. The molecule has 0 amide bonds. The second-order valence-corrected chi connectivity index (χ2v) is 7.22. The smallest absolute Gasteiger partial charge is 0.264 e. The van der Waals surface area contributed by atoms with Gasteiger partial charge in [0.05, 0.1) is 25.6 Å². The van der Waals surface area contributed by atoms with Crippen LogP contribution in [0.25, 0.3) is 11.4 Å². The summed E-state index contributed by atoms with van der Waals surface area (Å²) in [7, 11) is -1.58. The lowest BCUT2D eigenvalue weighted by atomic mass is 9.94. The average Bonchev–Trinajstić information content (AvgIpc) is 2.92. The average molecular weight is 337 g/mol. The van der Waals surface area contributed by atoms with Gasteiger partial charge in [0.2, 0.25) is 0 Å². The number of hydrogen-bond donors (Lipinski definition) is 0. The third-order valence-electron chi connectivity index (χ3n) is 3.72. The maximum Gasteiger partial charge on any atom is 0.264 e. The minimum absolute atomic E-state index is 0.118. The lowest BCUT2D eigenvalue weighted by Gasteiger charge is -2.26. The first-order valence-corrected chi connectivity index (χ1v) is 9.19. The van der Waals surface area contributed by atoms with Crippen molar-refractivity contribution in [2.45, 2.75) is 18.9 Å². The molecule has 1 aromatic carbocycles. The van der Waals surface area contributed by atoms with E-state index in [1.54, 1.807) is 11.0 Å². The number of fused-ring (bicyclic) bond motifs is 1. The zero-order valence-electron chi connectivity index (χ0n) is 13.1. The van der Waals surface area contributed by atoms with Gasteiger partial charge in [0, 0.05) is 19.0 Å². The van der Waals surface area contributed by atoms with Gasteiger partial charge in [0.1, 0.15) is 6.33 Å². The van der Waals surface area contributed by atoms with Gasteiger partial charge in [0.25, 0.3) is 10.1 Å². The van der Waals surface area contributed by atoms with Gasteiger partial charge in [-0.3, -0.25) is 8.86 Å². The molecule has 1 aliphatic heterocycles. The van der Waals surface area contributed by atoms with Gasteiger partial charge < -0.3 is 4.74 Å². The Morgan fingerprint density at radius 2 is 2.26 bits per heavy atom. The molecule has 2 aromatic rings. The Morgan fingerprint density at radius 1 is 1.43 bits per heavy atom. The zero-order chi connectivity index (χ0) is 16.4. The Hall–Kier alpha value is -1.77. The second-order valence-electron chi connectivity index (χ2n) is 5.58. The van der Waals surface area contributed by atoms with Gasteiger partial charge in [0.15, 0.2) is 5.82 Å². The molecule has 8 heteroatoms. The van der Waals surface area contributed by atoms with Gasteiger partial charge >= 0.3 is 0 Å². The summed E-state index contributed by atoms with van der Waals surface area (Å²) >= 11 is 0. The van der Waals surface area contributed by atoms with Crippen LogP contribution in [0.3, 0.4) is 0 Å². The number of rotatable bonds is 5. The molecule has 124 valence electrons. The van der Waals surface area contributed by atoms with Crippen molar-refractivity contribution in [2.75, 3.05) is 19.5 Å². The predicted octanol–water partition coefficient (Wildman–Crippen LogP) is 1.46. The summed E-state index contributed by atoms with van der Waals surface area (Å²) in [6.45, 7) is 0.724. The van der Waals surface area contributed by atoms with E-state index < -0.39 is 10.1 Å². The quantitative estimate of drug-likeness (QED) is 0.768. The number of aromatic nitrogens is 3. The fourth-order valence-corrected chi connectivity index (χ4v) is 3.09. The van der Waals surface area contributed by atoms with Crippen molar-refractivity contribution in [3.05, 3.63) is 35.7 Å². The second kappa shape index (κ2) is 6.38. The number of hydrogen-bond acceptors (Lipinski definition) is 6. The van der Waals surface area contributed by atoms with Crippen LogP contribution in [-0.4, -0.2) is 42.7 Å². The summed E-state index contributed by atoms with van der Waals surface area (Å²) in [6.07, 6.45) is 3.89. The highest BCUT2D eigenvalue weighted by Crippen LogP contribution is 2.32. The molecule has 1 unspecified atom stereocenters. The first-order chi connectivity index (χ1) is 10.9. The zero-order valence-corrected chi connectivity index (χ0v) is 13.9. The van der Waals surface area contributed by atoms with Gasteiger partial charge in [-0.1, -0.05) is 12.1 Å². The highest BCUT2D eigenvalue weighted by atomic mass is 32.2. The van der Waals surface area contributed by atoms with E-state index in [-0.39, 0.29) is 12.7 Å². The van der Waals surface area contributed by atoms with Crippen molar-refractivity contribution in [3.63, 3.8) is 0 Å². The Labute approximate surface area is 135 Å². The van der Waals surface area contributed by atoms with Crippen molar-refractivity contribution in [1.82, 2.24) is 14.8 Å². The summed E-state index contributed by atoms with van der Waals surface area (Å²) in [5.74, 6) is 0.693. The van der Waals surface area contributed by atoms with E-state index in [0.717, 1.165) is 23.8 Å². The summed E-state index contributed by atoms with van der Waals surface area (Å²) in [5, 5.41) is 4.31. The van der Waals surface area contributed by atoms with Gasteiger partial charge in [-0.15, -0.1) is 0 Å². The first kappa shape index (κ1) is 16.1. The summed E-state index contributed by atoms with van der Waals surface area (Å²) in [5.41, 5.74) is 3.23. The number of aryl methyl sites for hydroxylation is 1. The summed E-state index contributed by atoms with van der Waals surface area (Å²) < 4.78 is 34.3. The monoisotopic (exact) mass is 337 g/mol. The van der Waals surface area contributed by atoms with E-state index >= 15 is 0 Å². The summed E-state index contributed by atoms with van der Waals surface area (Å²) in [4.78, 5) is 4.26. The molecule has 1 atom stereocenters. The van der Waals surface area contributed by atoms with E-state index in [0.29, 0.717) is 18.9 Å². The van der Waals surface area contributed by atoms with Crippen molar-refractivity contribution < 1.29 is 17.3 Å². The van der Waals surface area contributed by atoms with Crippen LogP contribution < -0.4 is 0 Å². The minimum atomic E-state index is -3.42. The SMILES string of the molecule is Cn1cnc(-c2ccc3c(c2)CCOC3CCOS(C)(=O)=O)n1. The Morgan fingerprint density at radius 3 is 2.96 bits per heavy atom. The first-order valence-electron chi connectivity index (χ1n) is 7.37. The van der Waals surface area contributed by atoms with Gasteiger partial charge in [-0.2, -0.15) is 13.5 Å². The standard InChI is InChI=1S/C15H19N3O4S/c1-18-10-16-15(17-18)12-3-4-13-11(9-12)5-7-21-14(13)6-8-22-23(2,19)20/h3-4,9-10,14H,5-8H2,1-2H3. The van der Waals surface area contributed by atoms with Crippen LogP contribution in [0.1, 0.15) is 23.7 Å². The van der Waals surface area contributed by atoms with E-state index in [4.69, 9.17) is 8.92 Å². The van der Waals surface area contributed by atoms with E-state index in [2.05, 4.69) is 16.1 Å². The van der Waals surface area contributed by atoms with Crippen LogP contribution in [-0.2, 0) is 32.5 Å². The van der Waals surface area contributed by atoms with Gasteiger partial charge in [-0.25, -0.2) is 4.98 Å². The number of nitrogens with zero attached hydrogens (tertiary/aromatic N) is 3. The van der Waals surface area contributed by atoms with Crippen molar-refractivity contribution in [3.8, 4) is 11.4 Å². The van der Waals surface area contributed by atoms with Crippen LogP contribution in [0, 0.1) is 0 Å². The fourth-order valence-electron chi connectivity index (χ4n) is 2.69. The number of benzene rings is 1. The van der Waals surface area contributed by atoms with E-state index in [9.17, 15) is 8.42 Å². The molecule has 2 heterocycles. The Bertz CT molecular complexity index is 801. The highest BCUT2D eigenvalue weighted by Gasteiger charge is 2.22. The summed E-state index contributed by atoms with van der Waals surface area (Å²) in [6, 6.07) is 6.05. The van der Waals surface area contributed by atoms with E-state index in [1.807, 2.05) is 19.2 Å². The molecule has 0 saturated heterocycles. The molecular formula is C15H19N3O4S. The highest BCUT2D eigenvalue weighted by molar-refractivity contribution is 7.85. The normalized spacial score (nSPS) is 17.9. The molecule has 23 heavy (non-hydrogen) atoms. The van der Waals surface area contributed by atoms with Gasteiger partial charge in [-0.05, 0) is 23.6 Å². The van der Waals surface area contributed by atoms with Crippen molar-refractivity contribution >= 4 is 10.1 Å². The topological polar surface area (TPSA) is 83.3 Å². The van der Waals surface area contributed by atoms with Crippen molar-refractivity contribution in [1.29, 1.82) is 0 Å². The third-order valence-corrected chi connectivity index (χ3v) is 4.31. The lowest BCUT2D eigenvalue weighted by Crippen LogP contribution is -2.18. The Balaban J connectivity index is 1.77. The van der Waals surface area contributed by atoms with Crippen LogP contribution in [0.15, 0.2) is 24.5 Å². The maximum atomic E-state index is 11.0. The largest absolute Gasteiger partial charge is 0.373 e. The van der Waals surface area contributed by atoms with Crippen LogP contribution >= 0.6 is 0 Å². The molecule has 0 fully saturated rings. The molecule has 7 nitrogen and oxygen atoms in total. The van der Waals surface area contributed by atoms with E-state index in [1.165, 1.54) is 5.56 Å². The number of ether oxygens (including phenoxy) is 1. The maximum absolute atomic E-state index is 11.0. The molecular weight excluding hydrogens is 318 g/mol.